The Hall–Kier alpha value is -2.35. The predicted octanol–water partition coefficient (Wildman–Crippen LogP) is 1.51. The Morgan fingerprint density at radius 1 is 1.37 bits per heavy atom. The molecule has 0 heterocycles. The average Bonchev–Trinajstić information content (AvgIpc) is 2.44. The molecule has 0 bridgehead atoms. The first-order valence-electron chi connectivity index (χ1n) is 5.90. The maximum Gasteiger partial charge on any atom is 0.328 e. The molecule has 0 aromatic heterocycles. The lowest BCUT2D eigenvalue weighted by atomic mass is 9.98. The van der Waals surface area contributed by atoms with E-state index in [4.69, 9.17) is 5.26 Å². The third-order valence-corrected chi connectivity index (χ3v) is 2.76. The molecule has 0 spiro atoms. The van der Waals surface area contributed by atoms with Gasteiger partial charge in [0.25, 0.3) is 5.91 Å². The number of ether oxygens (including phenoxy) is 1. The zero-order valence-electron chi connectivity index (χ0n) is 10.9. The normalized spacial score (nSPS) is 12.9. The topological polar surface area (TPSA) is 79.2 Å². The zero-order chi connectivity index (χ0) is 14.3. The molecule has 1 N–H and O–H groups in total. The molecule has 1 amide bonds. The molecule has 0 saturated carbocycles. The average molecular weight is 260 g/mol. The molecule has 0 fully saturated rings. The van der Waals surface area contributed by atoms with Crippen molar-refractivity contribution in [2.75, 3.05) is 7.11 Å². The summed E-state index contributed by atoms with van der Waals surface area (Å²) < 4.78 is 4.65. The minimum Gasteiger partial charge on any atom is -0.467 e. The largest absolute Gasteiger partial charge is 0.467 e. The lowest BCUT2D eigenvalue weighted by Gasteiger charge is -2.21. The maximum absolute atomic E-state index is 12.0. The van der Waals surface area contributed by atoms with Crippen LogP contribution in [0.3, 0.4) is 0 Å². The van der Waals surface area contributed by atoms with Crippen LogP contribution < -0.4 is 5.32 Å². The van der Waals surface area contributed by atoms with Gasteiger partial charge < -0.3 is 10.1 Å². The monoisotopic (exact) mass is 260 g/mol. The second-order valence-corrected chi connectivity index (χ2v) is 4.18. The number of nitrogens with zero attached hydrogens (tertiary/aromatic N) is 1. The van der Waals surface area contributed by atoms with Crippen molar-refractivity contribution in [3.8, 4) is 6.07 Å². The van der Waals surface area contributed by atoms with E-state index in [1.54, 1.807) is 37.3 Å². The molecule has 0 aliphatic heterocycles. The number of nitrogens with one attached hydrogen (secondary N) is 1. The van der Waals surface area contributed by atoms with Crippen molar-refractivity contribution in [1.29, 1.82) is 5.26 Å². The van der Waals surface area contributed by atoms with Crippen LogP contribution in [0.2, 0.25) is 0 Å². The minimum atomic E-state index is -0.822. The summed E-state index contributed by atoms with van der Waals surface area (Å²) in [6, 6.07) is 9.73. The molecule has 0 saturated heterocycles. The lowest BCUT2D eigenvalue weighted by molar-refractivity contribution is -0.144. The lowest BCUT2D eigenvalue weighted by Crippen LogP contribution is -2.45. The molecule has 100 valence electrons. The van der Waals surface area contributed by atoms with E-state index in [0.717, 1.165) is 0 Å². The van der Waals surface area contributed by atoms with Crippen LogP contribution in [0.25, 0.3) is 0 Å². The van der Waals surface area contributed by atoms with E-state index in [9.17, 15) is 9.59 Å². The zero-order valence-corrected chi connectivity index (χ0v) is 10.9. The molecule has 19 heavy (non-hydrogen) atoms. The quantitative estimate of drug-likeness (QED) is 0.814. The molecule has 1 aromatic rings. The Balaban J connectivity index is 2.81. The third kappa shape index (κ3) is 4.11. The highest BCUT2D eigenvalue weighted by Crippen LogP contribution is 2.10. The van der Waals surface area contributed by atoms with Gasteiger partial charge in [0.2, 0.25) is 0 Å². The summed E-state index contributed by atoms with van der Waals surface area (Å²) in [5.74, 6) is -1.22. The molecule has 5 heteroatoms. The van der Waals surface area contributed by atoms with Crippen molar-refractivity contribution in [3.63, 3.8) is 0 Å². The second-order valence-electron chi connectivity index (χ2n) is 4.18. The Kier molecular flexibility index (Phi) is 5.55. The Bertz CT molecular complexity index is 479. The van der Waals surface area contributed by atoms with E-state index >= 15 is 0 Å². The van der Waals surface area contributed by atoms with E-state index in [1.807, 2.05) is 6.07 Å². The number of esters is 1. The molecule has 0 aliphatic rings. The number of carbonyl (C=O) groups excluding carboxylic acids is 2. The summed E-state index contributed by atoms with van der Waals surface area (Å²) in [4.78, 5) is 23.6. The van der Waals surface area contributed by atoms with E-state index < -0.39 is 12.0 Å². The first-order chi connectivity index (χ1) is 9.10. The van der Waals surface area contributed by atoms with Crippen molar-refractivity contribution < 1.29 is 14.3 Å². The predicted molar refractivity (Wildman–Crippen MR) is 69.1 cm³/mol. The molecular formula is C14H16N2O3. The number of hydrogen-bond acceptors (Lipinski definition) is 4. The summed E-state index contributed by atoms with van der Waals surface area (Å²) in [5.41, 5.74) is 0.459. The fraction of sp³-hybridized carbons (Fsp3) is 0.357. The standard InChI is InChI=1S/C14H16N2O3/c1-10(8-9-15)12(14(18)19-2)16-13(17)11-6-4-3-5-7-11/h3-7,10,12H,8H2,1-2H3,(H,16,17)/t10-,12+/m1/s1. The van der Waals surface area contributed by atoms with E-state index in [1.165, 1.54) is 7.11 Å². The molecule has 2 atom stereocenters. The van der Waals surface area contributed by atoms with Crippen LogP contribution in [0.4, 0.5) is 0 Å². The van der Waals surface area contributed by atoms with Crippen molar-refractivity contribution in [1.82, 2.24) is 5.32 Å². The Labute approximate surface area is 112 Å². The summed E-state index contributed by atoms with van der Waals surface area (Å²) in [7, 11) is 1.25. The molecule has 1 rings (SSSR count). The fourth-order valence-corrected chi connectivity index (χ4v) is 1.64. The van der Waals surface area contributed by atoms with Crippen molar-refractivity contribution in [3.05, 3.63) is 35.9 Å². The number of amides is 1. The number of nitriles is 1. The highest BCUT2D eigenvalue weighted by Gasteiger charge is 2.27. The molecular weight excluding hydrogens is 244 g/mol. The van der Waals surface area contributed by atoms with Crippen LogP contribution in [0.5, 0.6) is 0 Å². The van der Waals surface area contributed by atoms with Crippen LogP contribution in [0.15, 0.2) is 30.3 Å². The van der Waals surface area contributed by atoms with Crippen LogP contribution >= 0.6 is 0 Å². The van der Waals surface area contributed by atoms with Crippen LogP contribution in [-0.2, 0) is 9.53 Å². The van der Waals surface area contributed by atoms with E-state index in [0.29, 0.717) is 5.56 Å². The molecule has 5 nitrogen and oxygen atoms in total. The highest BCUT2D eigenvalue weighted by molar-refractivity contribution is 5.96. The van der Waals surface area contributed by atoms with Gasteiger partial charge in [0.15, 0.2) is 0 Å². The van der Waals surface area contributed by atoms with Crippen LogP contribution in [0.1, 0.15) is 23.7 Å². The number of rotatable bonds is 5. The van der Waals surface area contributed by atoms with Gasteiger partial charge in [0.1, 0.15) is 6.04 Å². The van der Waals surface area contributed by atoms with Gasteiger partial charge >= 0.3 is 5.97 Å². The van der Waals surface area contributed by atoms with Crippen molar-refractivity contribution in [2.45, 2.75) is 19.4 Å². The SMILES string of the molecule is COC(=O)[C@@H](NC(=O)c1ccccc1)[C@H](C)CC#N. The number of hydrogen-bond donors (Lipinski definition) is 1. The highest BCUT2D eigenvalue weighted by atomic mass is 16.5. The van der Waals surface area contributed by atoms with Gasteiger partial charge in [-0.2, -0.15) is 5.26 Å². The van der Waals surface area contributed by atoms with Gasteiger partial charge in [-0.15, -0.1) is 0 Å². The first-order valence-corrected chi connectivity index (χ1v) is 5.90. The minimum absolute atomic E-state index is 0.162. The third-order valence-electron chi connectivity index (χ3n) is 2.76. The number of carbonyl (C=O) groups is 2. The molecule has 1 aromatic carbocycles. The smallest absolute Gasteiger partial charge is 0.328 e. The summed E-state index contributed by atoms with van der Waals surface area (Å²) >= 11 is 0. The van der Waals surface area contributed by atoms with Gasteiger partial charge in [-0.25, -0.2) is 4.79 Å². The summed E-state index contributed by atoms with van der Waals surface area (Å²) in [5, 5.41) is 11.3. The summed E-state index contributed by atoms with van der Waals surface area (Å²) in [6.45, 7) is 1.72. The van der Waals surface area contributed by atoms with E-state index in [2.05, 4.69) is 10.1 Å². The Morgan fingerprint density at radius 2 is 2.00 bits per heavy atom. The molecule has 0 radical (unpaired) electrons. The Morgan fingerprint density at radius 3 is 2.53 bits per heavy atom. The first kappa shape index (κ1) is 14.7. The van der Waals surface area contributed by atoms with Gasteiger partial charge in [0.05, 0.1) is 13.2 Å². The van der Waals surface area contributed by atoms with Crippen molar-refractivity contribution in [2.24, 2.45) is 5.92 Å². The van der Waals surface area contributed by atoms with Crippen LogP contribution in [0, 0.1) is 17.2 Å². The van der Waals surface area contributed by atoms with Crippen LogP contribution in [-0.4, -0.2) is 25.0 Å². The maximum atomic E-state index is 12.0. The second kappa shape index (κ2) is 7.17. The molecule has 0 unspecified atom stereocenters. The van der Waals surface area contributed by atoms with Gasteiger partial charge in [-0.1, -0.05) is 25.1 Å². The van der Waals surface area contributed by atoms with Gasteiger partial charge in [0, 0.05) is 17.9 Å². The van der Waals surface area contributed by atoms with E-state index in [-0.39, 0.29) is 18.2 Å². The number of methoxy groups -OCH3 is 1. The summed E-state index contributed by atoms with van der Waals surface area (Å²) in [6.07, 6.45) is 0.162. The van der Waals surface area contributed by atoms with Gasteiger partial charge in [-0.3, -0.25) is 4.79 Å². The molecule has 0 aliphatic carbocycles. The van der Waals surface area contributed by atoms with Crippen molar-refractivity contribution >= 4 is 11.9 Å². The number of benzene rings is 1. The fourth-order valence-electron chi connectivity index (χ4n) is 1.64. The van der Waals surface area contributed by atoms with Gasteiger partial charge in [-0.05, 0) is 12.1 Å².